The normalized spacial score (nSPS) is 20.0. The third-order valence-electron chi connectivity index (χ3n) is 5.37. The minimum absolute atomic E-state index is 0.0138. The van der Waals surface area contributed by atoms with E-state index in [1.165, 1.54) is 11.8 Å². The first kappa shape index (κ1) is 21.6. The molecule has 3 atom stereocenters. The highest BCUT2D eigenvalue weighted by Gasteiger charge is 2.30. The molecular weight excluding hydrogens is 410 g/mol. The van der Waals surface area contributed by atoms with E-state index in [1.54, 1.807) is 10.6 Å². The fourth-order valence-electron chi connectivity index (χ4n) is 3.97. The topological polar surface area (TPSA) is 64.4 Å². The average Bonchev–Trinajstić information content (AvgIpc) is 2.76. The van der Waals surface area contributed by atoms with E-state index in [2.05, 4.69) is 0 Å². The zero-order valence-corrected chi connectivity index (χ0v) is 18.8. The molecule has 2 heterocycles. The number of amides is 1. The van der Waals surface area contributed by atoms with Gasteiger partial charge < -0.3 is 9.64 Å². The summed E-state index contributed by atoms with van der Waals surface area (Å²) in [5.41, 5.74) is 1.57. The number of thioether (sulfide) groups is 1. The molecule has 0 radical (unpaired) electrons. The molecule has 0 N–H and O–H groups in total. The number of rotatable bonds is 5. The second kappa shape index (κ2) is 9.24. The van der Waals surface area contributed by atoms with Crippen molar-refractivity contribution >= 4 is 28.6 Å². The van der Waals surface area contributed by atoms with E-state index in [0.717, 1.165) is 5.56 Å². The number of aromatic nitrogens is 2. The second-order valence-corrected chi connectivity index (χ2v) is 9.36. The SMILES string of the molecule is CC1CN(C(=O)C(C)Sc2nc3ccccc3c(=O)n2Cc2ccccc2)CC(C)O1. The van der Waals surface area contributed by atoms with Gasteiger partial charge in [0.25, 0.3) is 5.56 Å². The maximum Gasteiger partial charge on any atom is 0.262 e. The number of carbonyl (C=O) groups excluding carboxylic acids is 1. The summed E-state index contributed by atoms with van der Waals surface area (Å²) in [6.45, 7) is 7.41. The quantitative estimate of drug-likeness (QED) is 0.451. The fourth-order valence-corrected chi connectivity index (χ4v) is 4.96. The smallest absolute Gasteiger partial charge is 0.262 e. The minimum atomic E-state index is -0.368. The number of hydrogen-bond acceptors (Lipinski definition) is 5. The van der Waals surface area contributed by atoms with Gasteiger partial charge in [-0.15, -0.1) is 0 Å². The summed E-state index contributed by atoms with van der Waals surface area (Å²) in [5.74, 6) is 0.0423. The zero-order valence-electron chi connectivity index (χ0n) is 18.0. The van der Waals surface area contributed by atoms with Gasteiger partial charge in [0, 0.05) is 13.1 Å². The Morgan fingerprint density at radius 3 is 2.45 bits per heavy atom. The van der Waals surface area contributed by atoms with Gasteiger partial charge in [-0.1, -0.05) is 54.2 Å². The highest BCUT2D eigenvalue weighted by Crippen LogP contribution is 2.25. The molecule has 4 rings (SSSR count). The Hall–Kier alpha value is -2.64. The highest BCUT2D eigenvalue weighted by atomic mass is 32.2. The van der Waals surface area contributed by atoms with E-state index >= 15 is 0 Å². The van der Waals surface area contributed by atoms with Crippen LogP contribution < -0.4 is 5.56 Å². The lowest BCUT2D eigenvalue weighted by atomic mass is 10.2. The molecule has 31 heavy (non-hydrogen) atoms. The Morgan fingerprint density at radius 1 is 1.10 bits per heavy atom. The molecule has 3 unspecified atom stereocenters. The largest absolute Gasteiger partial charge is 0.372 e. The fraction of sp³-hybridized carbons (Fsp3) is 0.375. The second-order valence-electron chi connectivity index (χ2n) is 8.05. The van der Waals surface area contributed by atoms with Crippen molar-refractivity contribution in [3.05, 3.63) is 70.5 Å². The lowest BCUT2D eigenvalue weighted by Gasteiger charge is -2.36. The summed E-state index contributed by atoms with van der Waals surface area (Å²) in [6.07, 6.45) is 0.0277. The van der Waals surface area contributed by atoms with Crippen LogP contribution in [0.2, 0.25) is 0 Å². The van der Waals surface area contributed by atoms with E-state index in [9.17, 15) is 9.59 Å². The van der Waals surface area contributed by atoms with E-state index < -0.39 is 0 Å². The van der Waals surface area contributed by atoms with Crippen LogP contribution in [-0.2, 0) is 16.1 Å². The Bertz CT molecular complexity index is 1120. The van der Waals surface area contributed by atoms with Gasteiger partial charge in [-0.05, 0) is 38.5 Å². The molecule has 1 saturated heterocycles. The van der Waals surface area contributed by atoms with Crippen LogP contribution >= 0.6 is 11.8 Å². The van der Waals surface area contributed by atoms with Crippen molar-refractivity contribution in [1.82, 2.24) is 14.5 Å². The van der Waals surface area contributed by atoms with Gasteiger partial charge in [-0.25, -0.2) is 4.98 Å². The number of benzene rings is 2. The van der Waals surface area contributed by atoms with Gasteiger partial charge >= 0.3 is 0 Å². The van der Waals surface area contributed by atoms with Crippen LogP contribution in [0.4, 0.5) is 0 Å². The van der Waals surface area contributed by atoms with Crippen LogP contribution in [0.5, 0.6) is 0 Å². The molecule has 1 aromatic heterocycles. The Morgan fingerprint density at radius 2 is 1.74 bits per heavy atom. The summed E-state index contributed by atoms with van der Waals surface area (Å²) < 4.78 is 7.43. The molecule has 6 nitrogen and oxygen atoms in total. The molecule has 2 aromatic carbocycles. The van der Waals surface area contributed by atoms with E-state index in [-0.39, 0.29) is 28.9 Å². The first-order chi connectivity index (χ1) is 14.9. The molecule has 0 spiro atoms. The third-order valence-corrected chi connectivity index (χ3v) is 6.45. The first-order valence-electron chi connectivity index (χ1n) is 10.6. The molecular formula is C24H27N3O3S. The van der Waals surface area contributed by atoms with Gasteiger partial charge in [0.15, 0.2) is 5.16 Å². The molecule has 162 valence electrons. The molecule has 1 aliphatic rings. The number of morpholine rings is 1. The van der Waals surface area contributed by atoms with Gasteiger partial charge in [-0.3, -0.25) is 14.2 Å². The number of fused-ring (bicyclic) bond motifs is 1. The van der Waals surface area contributed by atoms with Gasteiger partial charge in [0.1, 0.15) is 0 Å². The van der Waals surface area contributed by atoms with Crippen molar-refractivity contribution in [1.29, 1.82) is 0 Å². The van der Waals surface area contributed by atoms with Gasteiger partial charge in [0.05, 0.1) is 34.9 Å². The number of carbonyl (C=O) groups is 1. The van der Waals surface area contributed by atoms with Crippen molar-refractivity contribution in [3.8, 4) is 0 Å². The number of hydrogen-bond donors (Lipinski definition) is 0. The summed E-state index contributed by atoms with van der Waals surface area (Å²) in [6, 6.07) is 17.2. The van der Waals surface area contributed by atoms with Crippen molar-refractivity contribution < 1.29 is 9.53 Å². The Labute approximate surface area is 186 Å². The molecule has 7 heteroatoms. The van der Waals surface area contributed by atoms with E-state index in [1.807, 2.05) is 74.2 Å². The van der Waals surface area contributed by atoms with Gasteiger partial charge in [0.2, 0.25) is 5.91 Å². The molecule has 3 aromatic rings. The molecule has 0 saturated carbocycles. The molecule has 0 aliphatic carbocycles. The average molecular weight is 438 g/mol. The van der Waals surface area contributed by atoms with Gasteiger partial charge in [-0.2, -0.15) is 0 Å². The van der Waals surface area contributed by atoms with E-state index in [0.29, 0.717) is 35.7 Å². The van der Waals surface area contributed by atoms with Crippen LogP contribution in [0.3, 0.4) is 0 Å². The molecule has 1 fully saturated rings. The standard InChI is InChI=1S/C24H27N3O3S/c1-16-13-26(14-17(2)30-16)22(28)18(3)31-24-25-21-12-8-7-11-20(21)23(29)27(24)15-19-9-5-4-6-10-19/h4-12,16-18H,13-15H2,1-3H3. The molecule has 0 bridgehead atoms. The Balaban J connectivity index is 1.66. The lowest BCUT2D eigenvalue weighted by Crippen LogP contribution is -2.50. The summed E-state index contributed by atoms with van der Waals surface area (Å²) >= 11 is 1.34. The monoisotopic (exact) mass is 437 g/mol. The van der Waals surface area contributed by atoms with Crippen LogP contribution in [0, 0.1) is 0 Å². The predicted molar refractivity (Wildman–Crippen MR) is 123 cm³/mol. The Kier molecular flexibility index (Phi) is 6.43. The summed E-state index contributed by atoms with van der Waals surface area (Å²) in [5, 5.41) is 0.771. The van der Waals surface area contributed by atoms with Crippen molar-refractivity contribution in [3.63, 3.8) is 0 Å². The van der Waals surface area contributed by atoms with Crippen molar-refractivity contribution in [2.45, 2.75) is 49.9 Å². The molecule has 1 aliphatic heterocycles. The number of nitrogens with zero attached hydrogens (tertiary/aromatic N) is 3. The predicted octanol–water partition coefficient (Wildman–Crippen LogP) is 3.56. The summed E-state index contributed by atoms with van der Waals surface area (Å²) in [7, 11) is 0. The highest BCUT2D eigenvalue weighted by molar-refractivity contribution is 8.00. The first-order valence-corrected chi connectivity index (χ1v) is 11.4. The minimum Gasteiger partial charge on any atom is -0.372 e. The third kappa shape index (κ3) is 4.83. The van der Waals surface area contributed by atoms with Crippen molar-refractivity contribution in [2.75, 3.05) is 13.1 Å². The molecule has 1 amide bonds. The lowest BCUT2D eigenvalue weighted by molar-refractivity contribution is -0.142. The zero-order chi connectivity index (χ0) is 22.0. The summed E-state index contributed by atoms with van der Waals surface area (Å²) in [4.78, 5) is 33.1. The van der Waals surface area contributed by atoms with Crippen LogP contribution in [0.15, 0.2) is 64.5 Å². The number of para-hydroxylation sites is 1. The van der Waals surface area contributed by atoms with Crippen molar-refractivity contribution in [2.24, 2.45) is 0 Å². The number of ether oxygens (including phenoxy) is 1. The van der Waals surface area contributed by atoms with Crippen LogP contribution in [0.1, 0.15) is 26.3 Å². The van der Waals surface area contributed by atoms with Crippen LogP contribution in [0.25, 0.3) is 10.9 Å². The van der Waals surface area contributed by atoms with E-state index in [4.69, 9.17) is 9.72 Å². The van der Waals surface area contributed by atoms with Crippen LogP contribution in [-0.4, -0.2) is 50.9 Å². The maximum absolute atomic E-state index is 13.3. The maximum atomic E-state index is 13.3.